The minimum atomic E-state index is -3.53. The van der Waals surface area contributed by atoms with Crippen LogP contribution >= 0.6 is 11.6 Å². The lowest BCUT2D eigenvalue weighted by molar-refractivity contribution is 0.0951. The van der Waals surface area contributed by atoms with Crippen LogP contribution in [0.5, 0.6) is 0 Å². The number of rotatable bonds is 8. The summed E-state index contributed by atoms with van der Waals surface area (Å²) >= 11 is 6.19. The largest absolute Gasteiger partial charge is 0.351 e. The van der Waals surface area contributed by atoms with Crippen molar-refractivity contribution >= 4 is 33.2 Å². The summed E-state index contributed by atoms with van der Waals surface area (Å²) in [5.74, 6) is 0.0358. The van der Waals surface area contributed by atoms with Gasteiger partial charge in [-0.15, -0.1) is 0 Å². The van der Waals surface area contributed by atoms with E-state index >= 15 is 0 Å². The second kappa shape index (κ2) is 10.2. The summed E-state index contributed by atoms with van der Waals surface area (Å²) in [6, 6.07) is 22.2. The van der Waals surface area contributed by atoms with Gasteiger partial charge in [-0.05, 0) is 53.8 Å². The van der Waals surface area contributed by atoms with E-state index in [0.29, 0.717) is 28.4 Å². The number of carbonyl (C=O) groups is 1. The first kappa shape index (κ1) is 23.8. The van der Waals surface area contributed by atoms with Crippen molar-refractivity contribution in [2.45, 2.75) is 26.3 Å². The number of hydrogen-bond acceptors (Lipinski definition) is 3. The fraction of sp³-hybridized carbons (Fsp3) is 0.240. The number of anilines is 1. The standard InChI is InChI=1S/C25H27ClN2O3S/c1-18(21-8-5-4-6-9-21)16-27-25(29)22-14-12-20(13-15-22)17-28(32(3,30)31)24-11-7-10-23(26)19(24)2/h4-15,18H,16-17H2,1-3H3,(H,27,29)/t18-/m0/s1. The van der Waals surface area contributed by atoms with E-state index in [4.69, 9.17) is 11.6 Å². The first-order valence-electron chi connectivity index (χ1n) is 10.3. The summed E-state index contributed by atoms with van der Waals surface area (Å²) in [6.45, 7) is 4.53. The molecule has 0 saturated heterocycles. The molecule has 0 heterocycles. The van der Waals surface area contributed by atoms with Crippen molar-refractivity contribution in [2.24, 2.45) is 0 Å². The molecule has 5 nitrogen and oxygen atoms in total. The van der Waals surface area contributed by atoms with Gasteiger partial charge in [0.1, 0.15) is 0 Å². The Labute approximate surface area is 195 Å². The predicted molar refractivity (Wildman–Crippen MR) is 131 cm³/mol. The van der Waals surface area contributed by atoms with Crippen LogP contribution in [0.15, 0.2) is 72.8 Å². The number of hydrogen-bond donors (Lipinski definition) is 1. The first-order valence-corrected chi connectivity index (χ1v) is 12.5. The van der Waals surface area contributed by atoms with Crippen molar-refractivity contribution in [3.63, 3.8) is 0 Å². The number of nitrogens with one attached hydrogen (secondary N) is 1. The van der Waals surface area contributed by atoms with Gasteiger partial charge < -0.3 is 5.32 Å². The summed E-state index contributed by atoms with van der Waals surface area (Å²) in [7, 11) is -3.53. The Morgan fingerprint density at radius 1 is 1.00 bits per heavy atom. The zero-order chi connectivity index (χ0) is 23.3. The van der Waals surface area contributed by atoms with Crippen LogP contribution in [0.1, 0.15) is 39.9 Å². The molecule has 0 bridgehead atoms. The molecular weight excluding hydrogens is 444 g/mol. The van der Waals surface area contributed by atoms with Gasteiger partial charge in [-0.25, -0.2) is 8.42 Å². The Morgan fingerprint density at radius 3 is 2.28 bits per heavy atom. The molecular formula is C25H27ClN2O3S. The molecule has 3 aromatic rings. The first-order chi connectivity index (χ1) is 15.2. The highest BCUT2D eigenvalue weighted by Crippen LogP contribution is 2.29. The third-order valence-electron chi connectivity index (χ3n) is 5.39. The zero-order valence-corrected chi connectivity index (χ0v) is 20.0. The van der Waals surface area contributed by atoms with Crippen molar-refractivity contribution in [2.75, 3.05) is 17.1 Å². The summed E-state index contributed by atoms with van der Waals surface area (Å²) < 4.78 is 26.2. The average molecular weight is 471 g/mol. The normalized spacial score (nSPS) is 12.2. The fourth-order valence-corrected chi connectivity index (χ4v) is 4.53. The molecule has 3 rings (SSSR count). The van der Waals surface area contributed by atoms with Gasteiger partial charge in [0.15, 0.2) is 0 Å². The summed E-state index contributed by atoms with van der Waals surface area (Å²) in [5.41, 5.74) is 3.70. The molecule has 0 radical (unpaired) electrons. The maximum atomic E-state index is 12.5. The van der Waals surface area contributed by atoms with Gasteiger partial charge in [-0.1, -0.05) is 67.1 Å². The summed E-state index contributed by atoms with van der Waals surface area (Å²) in [4.78, 5) is 12.5. The Morgan fingerprint density at radius 2 is 1.66 bits per heavy atom. The van der Waals surface area contributed by atoms with Gasteiger partial charge in [0.25, 0.3) is 5.91 Å². The Bertz CT molecular complexity index is 1180. The van der Waals surface area contributed by atoms with Gasteiger partial charge in [-0.2, -0.15) is 0 Å². The van der Waals surface area contributed by atoms with Gasteiger partial charge in [0.2, 0.25) is 10.0 Å². The Kier molecular flexibility index (Phi) is 7.59. The number of amides is 1. The van der Waals surface area contributed by atoms with E-state index in [1.165, 1.54) is 16.1 Å². The molecule has 3 aromatic carbocycles. The Balaban J connectivity index is 1.70. The van der Waals surface area contributed by atoms with E-state index in [-0.39, 0.29) is 18.4 Å². The molecule has 1 atom stereocenters. The molecule has 1 amide bonds. The molecule has 168 valence electrons. The van der Waals surface area contributed by atoms with Crippen LogP contribution in [0.25, 0.3) is 0 Å². The molecule has 0 aliphatic rings. The topological polar surface area (TPSA) is 66.5 Å². The predicted octanol–water partition coefficient (Wildman–Crippen LogP) is 5.15. The quantitative estimate of drug-likeness (QED) is 0.495. The smallest absolute Gasteiger partial charge is 0.251 e. The minimum absolute atomic E-state index is 0.146. The van der Waals surface area contributed by atoms with Crippen LogP contribution in [-0.2, 0) is 16.6 Å². The fourth-order valence-electron chi connectivity index (χ4n) is 3.42. The average Bonchev–Trinajstić information content (AvgIpc) is 2.78. The molecule has 7 heteroatoms. The van der Waals surface area contributed by atoms with Gasteiger partial charge in [0.05, 0.1) is 18.5 Å². The lowest BCUT2D eigenvalue weighted by Gasteiger charge is -2.24. The second-order valence-corrected chi connectivity index (χ2v) is 10.2. The van der Waals surface area contributed by atoms with Crippen molar-refractivity contribution < 1.29 is 13.2 Å². The molecule has 0 unspecified atom stereocenters. The van der Waals surface area contributed by atoms with Gasteiger partial charge in [-0.3, -0.25) is 9.10 Å². The zero-order valence-electron chi connectivity index (χ0n) is 18.4. The minimum Gasteiger partial charge on any atom is -0.351 e. The summed E-state index contributed by atoms with van der Waals surface area (Å²) in [6.07, 6.45) is 1.17. The van der Waals surface area contributed by atoms with Crippen LogP contribution in [0, 0.1) is 6.92 Å². The lowest BCUT2D eigenvalue weighted by atomic mass is 10.0. The molecule has 0 spiro atoms. The van der Waals surface area contributed by atoms with Crippen LogP contribution in [0.3, 0.4) is 0 Å². The highest BCUT2D eigenvalue weighted by atomic mass is 35.5. The molecule has 0 aromatic heterocycles. The van der Waals surface area contributed by atoms with E-state index in [1.807, 2.05) is 30.3 Å². The van der Waals surface area contributed by atoms with Crippen LogP contribution in [-0.4, -0.2) is 27.1 Å². The third-order valence-corrected chi connectivity index (χ3v) is 6.92. The van der Waals surface area contributed by atoms with E-state index in [1.54, 1.807) is 49.4 Å². The van der Waals surface area contributed by atoms with E-state index < -0.39 is 10.0 Å². The second-order valence-electron chi connectivity index (χ2n) is 7.87. The van der Waals surface area contributed by atoms with Crippen molar-refractivity contribution in [3.05, 3.63) is 100 Å². The van der Waals surface area contributed by atoms with Gasteiger partial charge >= 0.3 is 0 Å². The number of halogens is 1. The van der Waals surface area contributed by atoms with Crippen LogP contribution in [0.4, 0.5) is 5.69 Å². The van der Waals surface area contributed by atoms with Crippen molar-refractivity contribution in [1.82, 2.24) is 5.32 Å². The number of sulfonamides is 1. The highest BCUT2D eigenvalue weighted by molar-refractivity contribution is 7.92. The highest BCUT2D eigenvalue weighted by Gasteiger charge is 2.21. The molecule has 0 aliphatic carbocycles. The molecule has 1 N–H and O–H groups in total. The molecule has 0 aliphatic heterocycles. The monoisotopic (exact) mass is 470 g/mol. The van der Waals surface area contributed by atoms with Crippen LogP contribution < -0.4 is 9.62 Å². The van der Waals surface area contributed by atoms with Gasteiger partial charge in [0, 0.05) is 17.1 Å². The molecule has 0 fully saturated rings. The number of benzene rings is 3. The lowest BCUT2D eigenvalue weighted by Crippen LogP contribution is -2.30. The summed E-state index contributed by atoms with van der Waals surface area (Å²) in [5, 5.41) is 3.47. The SMILES string of the molecule is Cc1c(Cl)cccc1N(Cc1ccc(C(=O)NC[C@H](C)c2ccccc2)cc1)S(C)(=O)=O. The molecule has 32 heavy (non-hydrogen) atoms. The maximum absolute atomic E-state index is 12.5. The van der Waals surface area contributed by atoms with E-state index in [2.05, 4.69) is 12.2 Å². The number of nitrogens with zero attached hydrogens (tertiary/aromatic N) is 1. The third kappa shape index (κ3) is 5.90. The molecule has 0 saturated carbocycles. The Hall–Kier alpha value is -2.83. The van der Waals surface area contributed by atoms with E-state index in [0.717, 1.165) is 5.56 Å². The number of carbonyl (C=O) groups excluding carboxylic acids is 1. The van der Waals surface area contributed by atoms with Crippen molar-refractivity contribution in [1.29, 1.82) is 0 Å². The maximum Gasteiger partial charge on any atom is 0.251 e. The van der Waals surface area contributed by atoms with Crippen LogP contribution in [0.2, 0.25) is 5.02 Å². The van der Waals surface area contributed by atoms with Crippen molar-refractivity contribution in [3.8, 4) is 0 Å². The van der Waals surface area contributed by atoms with E-state index in [9.17, 15) is 13.2 Å².